The number of carboxylic acid groups (broad SMARTS) is 1. The Hall–Kier alpha value is -2.20. The van der Waals surface area contributed by atoms with Gasteiger partial charge in [0.15, 0.2) is 0 Å². The molecule has 0 saturated carbocycles. The highest BCUT2D eigenvalue weighted by Gasteiger charge is 2.30. The first-order valence-electron chi connectivity index (χ1n) is 7.52. The van der Waals surface area contributed by atoms with E-state index in [4.69, 9.17) is 16.6 Å². The minimum Gasteiger partial charge on any atom is -0.480 e. The molecule has 3 amide bonds. The predicted octanol–water partition coefficient (Wildman–Crippen LogP) is -2.33. The average Bonchev–Trinajstić information content (AvgIpc) is 2.46. The summed E-state index contributed by atoms with van der Waals surface area (Å²) >= 11 is 0. The second-order valence-electron chi connectivity index (χ2n) is 5.90. The van der Waals surface area contributed by atoms with Crippen LogP contribution < -0.4 is 22.1 Å². The smallest absolute Gasteiger partial charge is 0.326 e. The summed E-state index contributed by atoms with van der Waals surface area (Å²) in [5.41, 5.74) is 10.5. The molecule has 0 bridgehead atoms. The topological polar surface area (TPSA) is 185 Å². The van der Waals surface area contributed by atoms with Crippen molar-refractivity contribution >= 4 is 23.7 Å². The standard InChI is InChI=1S/C14H26N4O6/c1-6(2)11(14(23)24)18-12(21)8(4-5-9(15)20)17-13(22)10(16)7(3)19/h6-8,10-11,19H,4-5,16H2,1-3H3,(H2,15,20)(H,17,22)(H,18,21)(H,23,24)/t7-,8+,10+,11+/m1/s1. The summed E-state index contributed by atoms with van der Waals surface area (Å²) in [6, 6.07) is -3.62. The van der Waals surface area contributed by atoms with Crippen molar-refractivity contribution in [2.24, 2.45) is 17.4 Å². The molecule has 4 atom stereocenters. The van der Waals surface area contributed by atoms with E-state index in [9.17, 15) is 24.3 Å². The monoisotopic (exact) mass is 346 g/mol. The van der Waals surface area contributed by atoms with Gasteiger partial charge in [0.25, 0.3) is 0 Å². The molecule has 0 saturated heterocycles. The second-order valence-corrected chi connectivity index (χ2v) is 5.90. The van der Waals surface area contributed by atoms with Gasteiger partial charge in [0, 0.05) is 6.42 Å². The summed E-state index contributed by atoms with van der Waals surface area (Å²) in [4.78, 5) is 46.2. The van der Waals surface area contributed by atoms with Gasteiger partial charge >= 0.3 is 5.97 Å². The normalized spacial score (nSPS) is 15.9. The van der Waals surface area contributed by atoms with E-state index >= 15 is 0 Å². The zero-order chi connectivity index (χ0) is 19.0. The van der Waals surface area contributed by atoms with Gasteiger partial charge in [-0.25, -0.2) is 4.79 Å². The number of carboxylic acids is 1. The molecule has 0 heterocycles. The van der Waals surface area contributed by atoms with Crippen LogP contribution in [0.4, 0.5) is 0 Å². The first-order valence-corrected chi connectivity index (χ1v) is 7.52. The van der Waals surface area contributed by atoms with Gasteiger partial charge in [-0.3, -0.25) is 14.4 Å². The summed E-state index contributed by atoms with van der Waals surface area (Å²) in [5.74, 6) is -3.87. The van der Waals surface area contributed by atoms with E-state index in [1.165, 1.54) is 6.92 Å². The highest BCUT2D eigenvalue weighted by molar-refractivity contribution is 5.92. The SMILES string of the molecule is CC(C)[C@H](NC(=O)[C@H](CCC(N)=O)NC(=O)[C@@H](N)[C@@H](C)O)C(=O)O. The number of aliphatic carboxylic acids is 1. The van der Waals surface area contributed by atoms with Gasteiger partial charge in [-0.05, 0) is 19.3 Å². The molecule has 0 aliphatic carbocycles. The van der Waals surface area contributed by atoms with Gasteiger partial charge in [-0.1, -0.05) is 13.8 Å². The van der Waals surface area contributed by atoms with E-state index in [0.717, 1.165) is 0 Å². The summed E-state index contributed by atoms with van der Waals surface area (Å²) in [7, 11) is 0. The molecular weight excluding hydrogens is 320 g/mol. The maximum absolute atomic E-state index is 12.3. The van der Waals surface area contributed by atoms with Crippen molar-refractivity contribution in [2.45, 2.75) is 57.8 Å². The van der Waals surface area contributed by atoms with Crippen LogP contribution in [-0.4, -0.2) is 58.1 Å². The molecule has 138 valence electrons. The fourth-order valence-electron chi connectivity index (χ4n) is 1.81. The van der Waals surface area contributed by atoms with Crippen LogP contribution >= 0.6 is 0 Å². The number of hydrogen-bond acceptors (Lipinski definition) is 6. The Labute approximate surface area is 139 Å². The molecule has 0 rings (SSSR count). The van der Waals surface area contributed by atoms with Gasteiger partial charge < -0.3 is 32.3 Å². The quantitative estimate of drug-likeness (QED) is 0.256. The molecule has 10 heteroatoms. The largest absolute Gasteiger partial charge is 0.480 e. The lowest BCUT2D eigenvalue weighted by atomic mass is 10.0. The van der Waals surface area contributed by atoms with Gasteiger partial charge in [-0.15, -0.1) is 0 Å². The molecule has 0 unspecified atom stereocenters. The molecule has 0 aromatic carbocycles. The van der Waals surface area contributed by atoms with Crippen LogP contribution in [0, 0.1) is 5.92 Å². The number of amides is 3. The van der Waals surface area contributed by atoms with Crippen LogP contribution in [0.2, 0.25) is 0 Å². The first kappa shape index (κ1) is 21.8. The number of aliphatic hydroxyl groups is 1. The number of rotatable bonds is 10. The summed E-state index contributed by atoms with van der Waals surface area (Å²) < 4.78 is 0. The number of nitrogens with one attached hydrogen (secondary N) is 2. The van der Waals surface area contributed by atoms with Gasteiger partial charge in [0.2, 0.25) is 17.7 Å². The highest BCUT2D eigenvalue weighted by Crippen LogP contribution is 2.05. The number of hydrogen-bond donors (Lipinski definition) is 6. The summed E-state index contributed by atoms with van der Waals surface area (Å²) in [5, 5.41) is 23.0. The van der Waals surface area contributed by atoms with Crippen molar-refractivity contribution in [1.82, 2.24) is 10.6 Å². The van der Waals surface area contributed by atoms with Crippen LogP contribution in [0.5, 0.6) is 0 Å². The van der Waals surface area contributed by atoms with Crippen molar-refractivity contribution < 1.29 is 29.4 Å². The van der Waals surface area contributed by atoms with Crippen LogP contribution in [0.3, 0.4) is 0 Å². The molecule has 0 radical (unpaired) electrons. The molecule has 0 aliphatic rings. The zero-order valence-corrected chi connectivity index (χ0v) is 14.0. The van der Waals surface area contributed by atoms with E-state index in [1.54, 1.807) is 13.8 Å². The van der Waals surface area contributed by atoms with Crippen molar-refractivity contribution in [3.05, 3.63) is 0 Å². The third-order valence-electron chi connectivity index (χ3n) is 3.37. The Kier molecular flexibility index (Phi) is 8.93. The van der Waals surface area contributed by atoms with Gasteiger partial charge in [-0.2, -0.15) is 0 Å². The fourth-order valence-corrected chi connectivity index (χ4v) is 1.81. The molecule has 24 heavy (non-hydrogen) atoms. The molecule has 10 nitrogen and oxygen atoms in total. The Bertz CT molecular complexity index is 480. The molecule has 0 spiro atoms. The number of aliphatic hydroxyl groups excluding tert-OH is 1. The minimum atomic E-state index is -1.27. The Morgan fingerprint density at radius 2 is 1.58 bits per heavy atom. The van der Waals surface area contributed by atoms with E-state index in [2.05, 4.69) is 10.6 Å². The Balaban J connectivity index is 5.10. The molecule has 0 aromatic rings. The van der Waals surface area contributed by atoms with E-state index < -0.39 is 53.8 Å². The Morgan fingerprint density at radius 1 is 1.04 bits per heavy atom. The summed E-state index contributed by atoms with van der Waals surface area (Å²) in [6.45, 7) is 4.53. The van der Waals surface area contributed by atoms with E-state index in [0.29, 0.717) is 0 Å². The summed E-state index contributed by atoms with van der Waals surface area (Å²) in [6.07, 6.45) is -1.46. The maximum atomic E-state index is 12.3. The molecule has 0 aliphatic heterocycles. The van der Waals surface area contributed by atoms with Crippen LogP contribution in [0.1, 0.15) is 33.6 Å². The third kappa shape index (κ3) is 7.38. The zero-order valence-electron chi connectivity index (χ0n) is 14.0. The number of nitrogens with two attached hydrogens (primary N) is 2. The van der Waals surface area contributed by atoms with Gasteiger partial charge in [0.05, 0.1) is 6.10 Å². The van der Waals surface area contributed by atoms with Crippen LogP contribution in [0.25, 0.3) is 0 Å². The number of carbonyl (C=O) groups excluding carboxylic acids is 3. The van der Waals surface area contributed by atoms with Crippen molar-refractivity contribution in [2.75, 3.05) is 0 Å². The first-order chi connectivity index (χ1) is 11.0. The van der Waals surface area contributed by atoms with Crippen LogP contribution in [-0.2, 0) is 19.2 Å². The maximum Gasteiger partial charge on any atom is 0.326 e. The van der Waals surface area contributed by atoms with E-state index in [1.807, 2.05) is 0 Å². The third-order valence-corrected chi connectivity index (χ3v) is 3.37. The predicted molar refractivity (Wildman–Crippen MR) is 84.4 cm³/mol. The molecule has 8 N–H and O–H groups in total. The minimum absolute atomic E-state index is 0.121. The number of primary amides is 1. The van der Waals surface area contributed by atoms with E-state index in [-0.39, 0.29) is 12.8 Å². The van der Waals surface area contributed by atoms with Gasteiger partial charge in [0.1, 0.15) is 18.1 Å². The Morgan fingerprint density at radius 3 is 1.96 bits per heavy atom. The lowest BCUT2D eigenvalue weighted by molar-refractivity contribution is -0.143. The molecule has 0 fully saturated rings. The lowest BCUT2D eigenvalue weighted by Gasteiger charge is -2.24. The van der Waals surface area contributed by atoms with Crippen molar-refractivity contribution in [3.8, 4) is 0 Å². The molecular formula is C14H26N4O6. The van der Waals surface area contributed by atoms with Crippen molar-refractivity contribution in [3.63, 3.8) is 0 Å². The fraction of sp³-hybridized carbons (Fsp3) is 0.714. The molecule has 0 aromatic heterocycles. The number of carbonyl (C=O) groups is 4. The lowest BCUT2D eigenvalue weighted by Crippen LogP contribution is -2.57. The average molecular weight is 346 g/mol. The highest BCUT2D eigenvalue weighted by atomic mass is 16.4. The van der Waals surface area contributed by atoms with Crippen LogP contribution in [0.15, 0.2) is 0 Å². The second kappa shape index (κ2) is 9.83. The van der Waals surface area contributed by atoms with Crippen molar-refractivity contribution in [1.29, 1.82) is 0 Å².